The molecule has 8 heavy (non-hydrogen) atoms. The number of hydrogen-bond donors (Lipinski definition) is 0. The van der Waals surface area contributed by atoms with E-state index in [1.165, 1.54) is 25.4 Å². The lowest BCUT2D eigenvalue weighted by Crippen LogP contribution is -1.87. The summed E-state index contributed by atoms with van der Waals surface area (Å²) in [7, 11) is 4.47. The minimum atomic E-state index is 0.921. The molecule has 0 rings (SSSR count). The van der Waals surface area contributed by atoms with Crippen molar-refractivity contribution in [1.82, 2.24) is 0 Å². The number of hydrogen-bond acceptors (Lipinski definition) is 1. The third-order valence-corrected chi connectivity index (χ3v) is 1.46. The van der Waals surface area contributed by atoms with Crippen molar-refractivity contribution in [2.24, 2.45) is 0 Å². The molecule has 0 saturated carbocycles. The van der Waals surface area contributed by atoms with Crippen molar-refractivity contribution in [1.29, 1.82) is 0 Å². The lowest BCUT2D eigenvalue weighted by Gasteiger charge is -1.95. The summed E-state index contributed by atoms with van der Waals surface area (Å²) >= 11 is 0. The molecule has 2 heteroatoms. The van der Waals surface area contributed by atoms with E-state index >= 15 is 0 Å². The second-order valence-electron chi connectivity index (χ2n) is 1.84. The molecule has 0 aliphatic carbocycles. The first-order valence-corrected chi connectivity index (χ1v) is 3.92. The van der Waals surface area contributed by atoms with Crippen molar-refractivity contribution in [2.75, 3.05) is 19.9 Å². The lowest BCUT2D eigenvalue weighted by atomic mass is 10.3. The maximum absolute atomic E-state index is 4.88. The van der Waals surface area contributed by atoms with Gasteiger partial charge in [-0.15, -0.1) is 9.24 Å². The van der Waals surface area contributed by atoms with Crippen molar-refractivity contribution < 1.29 is 4.74 Å². The standard InChI is InChI=1S/C6H15OP/c1-7-5-3-2-4-6-8/h2-6,8H2,1H3. The summed E-state index contributed by atoms with van der Waals surface area (Å²) in [5.74, 6) is 0. The van der Waals surface area contributed by atoms with Crippen LogP contribution < -0.4 is 0 Å². The summed E-state index contributed by atoms with van der Waals surface area (Å²) < 4.78 is 4.88. The van der Waals surface area contributed by atoms with Gasteiger partial charge in [0, 0.05) is 13.7 Å². The predicted octanol–water partition coefficient (Wildman–Crippen LogP) is 1.68. The van der Waals surface area contributed by atoms with E-state index in [-0.39, 0.29) is 0 Å². The Balaban J connectivity index is 2.53. The van der Waals surface area contributed by atoms with E-state index in [1.807, 2.05) is 0 Å². The number of unbranched alkanes of at least 4 members (excludes halogenated alkanes) is 2. The van der Waals surface area contributed by atoms with Crippen molar-refractivity contribution >= 4 is 9.24 Å². The van der Waals surface area contributed by atoms with Gasteiger partial charge in [0.05, 0.1) is 0 Å². The van der Waals surface area contributed by atoms with Gasteiger partial charge in [-0.1, -0.05) is 6.42 Å². The highest BCUT2D eigenvalue weighted by molar-refractivity contribution is 7.16. The van der Waals surface area contributed by atoms with Crippen LogP contribution in [0, 0.1) is 0 Å². The normalized spacial score (nSPS) is 9.75. The molecule has 0 spiro atoms. The van der Waals surface area contributed by atoms with Crippen LogP contribution in [0.5, 0.6) is 0 Å². The summed E-state index contributed by atoms with van der Waals surface area (Å²) in [4.78, 5) is 0. The van der Waals surface area contributed by atoms with Crippen LogP contribution >= 0.6 is 9.24 Å². The molecule has 1 unspecified atom stereocenters. The monoisotopic (exact) mass is 134 g/mol. The first-order valence-electron chi connectivity index (χ1n) is 3.11. The second-order valence-corrected chi connectivity index (χ2v) is 2.42. The molecule has 0 aliphatic rings. The molecular weight excluding hydrogens is 119 g/mol. The van der Waals surface area contributed by atoms with Crippen LogP contribution in [-0.4, -0.2) is 19.9 Å². The average Bonchev–Trinajstić information content (AvgIpc) is 1.81. The van der Waals surface area contributed by atoms with Gasteiger partial charge < -0.3 is 4.74 Å². The van der Waals surface area contributed by atoms with Crippen LogP contribution in [0.2, 0.25) is 0 Å². The molecule has 0 amide bonds. The van der Waals surface area contributed by atoms with E-state index in [0.29, 0.717) is 0 Å². The Kier molecular flexibility index (Phi) is 7.75. The Hall–Kier alpha value is 0.390. The Morgan fingerprint density at radius 2 is 2.00 bits per heavy atom. The molecule has 0 aromatic carbocycles. The molecule has 0 aliphatic heterocycles. The van der Waals surface area contributed by atoms with Crippen molar-refractivity contribution in [2.45, 2.75) is 19.3 Å². The van der Waals surface area contributed by atoms with E-state index in [0.717, 1.165) is 6.61 Å². The van der Waals surface area contributed by atoms with Gasteiger partial charge >= 0.3 is 0 Å². The summed E-state index contributed by atoms with van der Waals surface area (Å²) in [6, 6.07) is 0. The van der Waals surface area contributed by atoms with Crippen LogP contribution in [-0.2, 0) is 4.74 Å². The lowest BCUT2D eigenvalue weighted by molar-refractivity contribution is 0.192. The van der Waals surface area contributed by atoms with Crippen LogP contribution in [0.1, 0.15) is 19.3 Å². The molecule has 0 aromatic rings. The van der Waals surface area contributed by atoms with Gasteiger partial charge in [0.25, 0.3) is 0 Å². The smallest absolute Gasteiger partial charge is 0.0462 e. The maximum Gasteiger partial charge on any atom is 0.0462 e. The third-order valence-electron chi connectivity index (χ3n) is 1.05. The zero-order valence-corrected chi connectivity index (χ0v) is 6.68. The van der Waals surface area contributed by atoms with Gasteiger partial charge in [0.1, 0.15) is 0 Å². The fraction of sp³-hybridized carbons (Fsp3) is 1.00. The number of methoxy groups -OCH3 is 1. The van der Waals surface area contributed by atoms with E-state index in [2.05, 4.69) is 9.24 Å². The minimum Gasteiger partial charge on any atom is -0.385 e. The van der Waals surface area contributed by atoms with Crippen LogP contribution in [0.3, 0.4) is 0 Å². The molecule has 0 heterocycles. The minimum absolute atomic E-state index is 0.921. The molecule has 0 N–H and O–H groups in total. The largest absolute Gasteiger partial charge is 0.385 e. The van der Waals surface area contributed by atoms with E-state index < -0.39 is 0 Å². The third kappa shape index (κ3) is 6.39. The zero-order valence-electron chi connectivity index (χ0n) is 5.52. The molecule has 0 radical (unpaired) electrons. The van der Waals surface area contributed by atoms with Crippen molar-refractivity contribution in [3.05, 3.63) is 0 Å². The van der Waals surface area contributed by atoms with Gasteiger partial charge in [-0.25, -0.2) is 0 Å². The predicted molar refractivity (Wildman–Crippen MR) is 40.3 cm³/mol. The molecule has 50 valence electrons. The highest BCUT2D eigenvalue weighted by atomic mass is 31.0. The van der Waals surface area contributed by atoms with Crippen LogP contribution in [0.25, 0.3) is 0 Å². The molecule has 0 fully saturated rings. The Labute approximate surface area is 54.0 Å². The molecule has 1 atom stereocenters. The van der Waals surface area contributed by atoms with Crippen LogP contribution in [0.15, 0.2) is 0 Å². The van der Waals surface area contributed by atoms with Gasteiger partial charge in [-0.05, 0) is 19.0 Å². The Morgan fingerprint density at radius 1 is 1.25 bits per heavy atom. The summed E-state index contributed by atoms with van der Waals surface area (Å²) in [6.07, 6.45) is 5.06. The Bertz CT molecular complexity index is 33.5. The van der Waals surface area contributed by atoms with E-state index in [9.17, 15) is 0 Å². The van der Waals surface area contributed by atoms with E-state index in [4.69, 9.17) is 4.74 Å². The number of ether oxygens (including phenoxy) is 1. The zero-order chi connectivity index (χ0) is 6.24. The average molecular weight is 134 g/mol. The van der Waals surface area contributed by atoms with E-state index in [1.54, 1.807) is 7.11 Å². The number of rotatable bonds is 5. The SMILES string of the molecule is COCCCCCP. The van der Waals surface area contributed by atoms with Crippen molar-refractivity contribution in [3.63, 3.8) is 0 Å². The highest BCUT2D eigenvalue weighted by Gasteiger charge is 1.83. The maximum atomic E-state index is 4.88. The first-order chi connectivity index (χ1) is 3.91. The van der Waals surface area contributed by atoms with Gasteiger partial charge in [-0.2, -0.15) is 0 Å². The molecule has 0 bridgehead atoms. The van der Waals surface area contributed by atoms with Gasteiger partial charge in [0.15, 0.2) is 0 Å². The quantitative estimate of drug-likeness (QED) is 0.410. The molecule has 1 nitrogen and oxygen atoms in total. The second kappa shape index (κ2) is 7.39. The fourth-order valence-electron chi connectivity index (χ4n) is 0.568. The first kappa shape index (κ1) is 8.39. The molecular formula is C6H15OP. The molecule has 0 aromatic heterocycles. The van der Waals surface area contributed by atoms with Gasteiger partial charge in [-0.3, -0.25) is 0 Å². The summed E-state index contributed by atoms with van der Waals surface area (Å²) in [6.45, 7) is 0.921. The topological polar surface area (TPSA) is 9.23 Å². The fourth-order valence-corrected chi connectivity index (χ4v) is 0.856. The van der Waals surface area contributed by atoms with Crippen LogP contribution in [0.4, 0.5) is 0 Å². The highest BCUT2D eigenvalue weighted by Crippen LogP contribution is 1.97. The Morgan fingerprint density at radius 3 is 2.50 bits per heavy atom. The summed E-state index contributed by atoms with van der Waals surface area (Å²) in [5, 5.41) is 0. The summed E-state index contributed by atoms with van der Waals surface area (Å²) in [5.41, 5.74) is 0. The van der Waals surface area contributed by atoms with Crippen molar-refractivity contribution in [3.8, 4) is 0 Å². The molecule has 0 saturated heterocycles. The van der Waals surface area contributed by atoms with Gasteiger partial charge in [0.2, 0.25) is 0 Å².